The van der Waals surface area contributed by atoms with Gasteiger partial charge in [0.2, 0.25) is 5.91 Å². The van der Waals surface area contributed by atoms with Crippen molar-refractivity contribution in [3.05, 3.63) is 71.7 Å². The molecule has 1 aliphatic carbocycles. The van der Waals surface area contributed by atoms with E-state index in [2.05, 4.69) is 20.4 Å². The number of likely N-dealkylation sites (N-methyl/N-ethyl adjacent to an activating group) is 1. The summed E-state index contributed by atoms with van der Waals surface area (Å²) in [6, 6.07) is 10.2. The summed E-state index contributed by atoms with van der Waals surface area (Å²) in [5.41, 5.74) is 0.901. The zero-order valence-electron chi connectivity index (χ0n) is 22.7. The molecule has 1 saturated carbocycles. The number of nitrogens with zero attached hydrogens (tertiary/aromatic N) is 4. The van der Waals surface area contributed by atoms with Gasteiger partial charge in [-0.05, 0) is 43.5 Å². The highest BCUT2D eigenvalue weighted by molar-refractivity contribution is 5.94. The Morgan fingerprint density at radius 3 is 2.67 bits per heavy atom. The molecule has 212 valence electrons. The van der Waals surface area contributed by atoms with Gasteiger partial charge in [-0.15, -0.1) is 0 Å². The monoisotopic (exact) mass is 551 g/mol. The van der Waals surface area contributed by atoms with Crippen molar-refractivity contribution >= 4 is 11.8 Å². The minimum Gasteiger partial charge on any atom is -0.355 e. The van der Waals surface area contributed by atoms with Crippen LogP contribution in [0.25, 0.3) is 11.3 Å². The number of pyridine rings is 1. The van der Waals surface area contributed by atoms with Gasteiger partial charge in [-0.2, -0.15) is 0 Å². The average Bonchev–Trinajstić information content (AvgIpc) is 3.47. The molecule has 40 heavy (non-hydrogen) atoms. The number of carbonyl (C=O) groups excluding carboxylic acids is 2. The fraction of sp³-hybridized carbons (Fsp3) is 0.467. The summed E-state index contributed by atoms with van der Waals surface area (Å²) in [5, 5.41) is 6.82. The molecule has 0 spiro atoms. The molecule has 2 aliphatic rings. The van der Waals surface area contributed by atoms with E-state index < -0.39 is 23.5 Å². The second-order valence-corrected chi connectivity index (χ2v) is 10.8. The Labute approximate surface area is 232 Å². The van der Waals surface area contributed by atoms with Gasteiger partial charge in [0.25, 0.3) is 5.91 Å². The Hall–Kier alpha value is -3.66. The highest BCUT2D eigenvalue weighted by atomic mass is 19.1. The van der Waals surface area contributed by atoms with Gasteiger partial charge in [-0.3, -0.25) is 19.5 Å². The highest BCUT2D eigenvalue weighted by Crippen LogP contribution is 2.29. The van der Waals surface area contributed by atoms with Crippen molar-refractivity contribution in [1.29, 1.82) is 0 Å². The Balaban J connectivity index is 1.29. The quantitative estimate of drug-likeness (QED) is 0.444. The molecule has 1 aliphatic heterocycles. The van der Waals surface area contributed by atoms with E-state index in [9.17, 15) is 18.4 Å². The molecule has 0 radical (unpaired) electrons. The topological polar surface area (TPSA) is 91.6 Å². The maximum absolute atomic E-state index is 14.2. The Kier molecular flexibility index (Phi) is 8.84. The van der Waals surface area contributed by atoms with Crippen LogP contribution in [0.1, 0.15) is 54.7 Å². The molecular formula is C30H35F2N5O3. The van der Waals surface area contributed by atoms with Crippen LogP contribution in [0.2, 0.25) is 0 Å². The number of nitrogens with one attached hydrogen (secondary N) is 1. The van der Waals surface area contributed by atoms with Gasteiger partial charge < -0.3 is 14.7 Å². The molecule has 0 unspecified atom stereocenters. The first-order chi connectivity index (χ1) is 19.4. The molecule has 2 fully saturated rings. The van der Waals surface area contributed by atoms with Gasteiger partial charge in [-0.25, -0.2) is 8.78 Å². The van der Waals surface area contributed by atoms with Gasteiger partial charge in [0, 0.05) is 69.2 Å². The number of benzene rings is 1. The Bertz CT molecular complexity index is 1310. The second-order valence-electron chi connectivity index (χ2n) is 10.8. The van der Waals surface area contributed by atoms with Crippen LogP contribution in [0.3, 0.4) is 0 Å². The normalized spacial score (nSPS) is 20.3. The first-order valence-electron chi connectivity index (χ1n) is 14.0. The van der Waals surface area contributed by atoms with Crippen molar-refractivity contribution in [3.63, 3.8) is 0 Å². The summed E-state index contributed by atoms with van der Waals surface area (Å²) in [6.07, 6.45) is 8.93. The summed E-state index contributed by atoms with van der Waals surface area (Å²) in [7, 11) is 1.80. The van der Waals surface area contributed by atoms with Crippen molar-refractivity contribution in [2.45, 2.75) is 57.0 Å². The molecule has 2 aromatic heterocycles. The Morgan fingerprint density at radius 1 is 1.10 bits per heavy atom. The van der Waals surface area contributed by atoms with Crippen molar-refractivity contribution in [1.82, 2.24) is 25.3 Å². The highest BCUT2D eigenvalue weighted by Gasteiger charge is 2.39. The smallest absolute Gasteiger partial charge is 0.273 e. The van der Waals surface area contributed by atoms with Gasteiger partial charge in [0.05, 0.1) is 11.5 Å². The third-order valence-electron chi connectivity index (χ3n) is 8.11. The summed E-state index contributed by atoms with van der Waals surface area (Å²) < 4.78 is 32.7. The standard InChI is InChI=1S/C30H35F2N5O3/c1-36(15-12-21-7-5-6-14-33-21)30(39)24-19-37(22-8-3-2-4-9-22)16-13-26(24)34-29(38)27-18-28(40-35-27)23-11-10-20(31)17-25(23)32/h5-7,10-11,14,17-18,22,24,26H,2-4,8-9,12-13,15-16,19H2,1H3,(H,34,38)/t24-,26-/m1/s1. The van der Waals surface area contributed by atoms with E-state index in [4.69, 9.17) is 4.52 Å². The number of carbonyl (C=O) groups is 2. The van der Waals surface area contributed by atoms with Gasteiger partial charge >= 0.3 is 0 Å². The minimum absolute atomic E-state index is 0.0105. The molecule has 1 N–H and O–H groups in total. The van der Waals surface area contributed by atoms with Gasteiger partial charge in [0.15, 0.2) is 11.5 Å². The van der Waals surface area contributed by atoms with Gasteiger partial charge in [0.1, 0.15) is 11.6 Å². The van der Waals surface area contributed by atoms with Crippen LogP contribution >= 0.6 is 0 Å². The van der Waals surface area contributed by atoms with E-state index in [1.165, 1.54) is 31.4 Å². The molecule has 1 aromatic carbocycles. The van der Waals surface area contributed by atoms with Crippen molar-refractivity contribution in [2.24, 2.45) is 5.92 Å². The molecule has 5 rings (SSSR count). The van der Waals surface area contributed by atoms with Crippen molar-refractivity contribution in [3.8, 4) is 11.3 Å². The molecule has 8 nitrogen and oxygen atoms in total. The molecule has 0 bridgehead atoms. The van der Waals surface area contributed by atoms with E-state index in [-0.39, 0.29) is 29.0 Å². The summed E-state index contributed by atoms with van der Waals surface area (Å²) in [4.78, 5) is 35.5. The predicted octanol–water partition coefficient (Wildman–Crippen LogP) is 4.47. The number of hydrogen-bond acceptors (Lipinski definition) is 6. The minimum atomic E-state index is -0.808. The van der Waals surface area contributed by atoms with Crippen molar-refractivity contribution < 1.29 is 22.9 Å². The fourth-order valence-corrected chi connectivity index (χ4v) is 5.84. The zero-order valence-corrected chi connectivity index (χ0v) is 22.7. The number of hydrogen-bond donors (Lipinski definition) is 1. The lowest BCUT2D eigenvalue weighted by Crippen LogP contribution is -2.58. The van der Waals surface area contributed by atoms with Crippen LogP contribution in [-0.4, -0.2) is 70.5 Å². The number of likely N-dealkylation sites (tertiary alicyclic amines) is 1. The third-order valence-corrected chi connectivity index (χ3v) is 8.11. The molecule has 1 saturated heterocycles. The number of aromatic nitrogens is 2. The fourth-order valence-electron chi connectivity index (χ4n) is 5.84. The molecule has 2 atom stereocenters. The average molecular weight is 552 g/mol. The van der Waals surface area contributed by atoms with Crippen LogP contribution in [0.15, 0.2) is 53.2 Å². The zero-order chi connectivity index (χ0) is 28.1. The first-order valence-corrected chi connectivity index (χ1v) is 14.0. The Morgan fingerprint density at radius 2 is 1.93 bits per heavy atom. The number of rotatable bonds is 8. The number of halogens is 2. The summed E-state index contributed by atoms with van der Waals surface area (Å²) in [6.45, 7) is 1.89. The van der Waals surface area contributed by atoms with E-state index >= 15 is 0 Å². The van der Waals surface area contributed by atoms with E-state index in [1.54, 1.807) is 18.1 Å². The van der Waals surface area contributed by atoms with Crippen LogP contribution in [0.4, 0.5) is 8.78 Å². The number of amides is 2. The lowest BCUT2D eigenvalue weighted by Gasteiger charge is -2.43. The number of piperidine rings is 1. The second kappa shape index (κ2) is 12.7. The van der Waals surface area contributed by atoms with Crippen LogP contribution < -0.4 is 5.32 Å². The summed E-state index contributed by atoms with van der Waals surface area (Å²) in [5.74, 6) is -2.43. The molecular weight excluding hydrogens is 516 g/mol. The van der Waals surface area contributed by atoms with E-state index in [0.29, 0.717) is 32.0 Å². The summed E-state index contributed by atoms with van der Waals surface area (Å²) >= 11 is 0. The van der Waals surface area contributed by atoms with E-state index in [1.807, 2.05) is 18.2 Å². The predicted molar refractivity (Wildman–Crippen MR) is 145 cm³/mol. The largest absolute Gasteiger partial charge is 0.355 e. The van der Waals surface area contributed by atoms with Crippen molar-refractivity contribution in [2.75, 3.05) is 26.7 Å². The van der Waals surface area contributed by atoms with Gasteiger partial charge in [-0.1, -0.05) is 30.5 Å². The third kappa shape index (κ3) is 6.55. The lowest BCUT2D eigenvalue weighted by molar-refractivity contribution is -0.137. The molecule has 10 heteroatoms. The first kappa shape index (κ1) is 27.9. The van der Waals surface area contributed by atoms with Crippen LogP contribution in [0.5, 0.6) is 0 Å². The SMILES string of the molecule is CN(CCc1ccccn1)C(=O)[C@@H]1CN(C2CCCCC2)CC[C@H]1NC(=O)c1cc(-c2ccc(F)cc2F)on1. The van der Waals surface area contributed by atoms with Crippen LogP contribution in [0, 0.1) is 17.6 Å². The molecule has 2 amide bonds. The maximum Gasteiger partial charge on any atom is 0.273 e. The van der Waals surface area contributed by atoms with E-state index in [0.717, 1.165) is 37.2 Å². The molecule has 3 aromatic rings. The lowest BCUT2D eigenvalue weighted by atomic mass is 9.86. The molecule has 3 heterocycles. The van der Waals surface area contributed by atoms with Crippen LogP contribution in [-0.2, 0) is 11.2 Å². The maximum atomic E-state index is 14.2.